The van der Waals surface area contributed by atoms with Gasteiger partial charge in [0.25, 0.3) is 5.91 Å². The minimum atomic E-state index is -0.780. The van der Waals surface area contributed by atoms with Crippen LogP contribution in [0.5, 0.6) is 0 Å². The highest BCUT2D eigenvalue weighted by Crippen LogP contribution is 2.32. The largest absolute Gasteiger partial charge is 0.306 e. The summed E-state index contributed by atoms with van der Waals surface area (Å²) in [7, 11) is 0. The number of anilines is 2. The molecule has 0 saturated carbocycles. The zero-order valence-electron chi connectivity index (χ0n) is 14.7. The third kappa shape index (κ3) is 3.03. The number of aryl methyl sites for hydroxylation is 1. The zero-order valence-corrected chi connectivity index (χ0v) is 15.5. The molecule has 1 aliphatic rings. The normalized spacial score (nSPS) is 16.4. The summed E-state index contributed by atoms with van der Waals surface area (Å²) in [4.78, 5) is 15.9. The number of amides is 1. The summed E-state index contributed by atoms with van der Waals surface area (Å²) in [5, 5.41) is 18.4. The molecule has 1 aliphatic heterocycles. The van der Waals surface area contributed by atoms with Crippen LogP contribution in [0.1, 0.15) is 29.2 Å². The average Bonchev–Trinajstić information content (AvgIpc) is 2.89. The van der Waals surface area contributed by atoms with Crippen LogP contribution in [-0.2, 0) is 11.5 Å². The first kappa shape index (κ1) is 18.5. The summed E-state index contributed by atoms with van der Waals surface area (Å²) in [5.74, 6) is -0.213. The maximum Gasteiger partial charge on any atom is 0.256 e. The van der Waals surface area contributed by atoms with Crippen molar-refractivity contribution in [1.29, 1.82) is 10.5 Å². The van der Waals surface area contributed by atoms with Gasteiger partial charge in [0.05, 0.1) is 29.0 Å². The van der Waals surface area contributed by atoms with Gasteiger partial charge in [0.15, 0.2) is 5.11 Å². The molecule has 5 nitrogen and oxygen atoms in total. The smallest absolute Gasteiger partial charge is 0.256 e. The van der Waals surface area contributed by atoms with Crippen molar-refractivity contribution in [2.45, 2.75) is 26.6 Å². The lowest BCUT2D eigenvalue weighted by atomic mass is 10.1. The number of hydrogen-bond donors (Lipinski definition) is 0. The Kier molecular flexibility index (Phi) is 4.89. The summed E-state index contributed by atoms with van der Waals surface area (Å²) in [5.41, 5.74) is 2.92. The van der Waals surface area contributed by atoms with E-state index in [1.54, 1.807) is 49.1 Å². The molecule has 0 bridgehead atoms. The quantitative estimate of drug-likeness (QED) is 0.761. The molecule has 7 heteroatoms. The van der Waals surface area contributed by atoms with Crippen LogP contribution < -0.4 is 9.80 Å². The minimum Gasteiger partial charge on any atom is -0.306 e. The molecule has 1 atom stereocenters. The standard InChI is InChI=1S/C20H15FN4OS/c1-12-7-17(5-3-14(12)10-22)25-19(26)13(2)24(20(25)27)18-6-4-15(11-23)16(8-18)9-21/h3-8,13H,9H2,1-2H3. The molecular weight excluding hydrogens is 363 g/mol. The van der Waals surface area contributed by atoms with E-state index in [1.807, 2.05) is 6.07 Å². The Morgan fingerprint density at radius 1 is 1.11 bits per heavy atom. The molecular formula is C20H15FN4OS. The van der Waals surface area contributed by atoms with Gasteiger partial charge < -0.3 is 4.90 Å². The highest BCUT2D eigenvalue weighted by Gasteiger charge is 2.41. The van der Waals surface area contributed by atoms with Crippen LogP contribution >= 0.6 is 12.2 Å². The van der Waals surface area contributed by atoms with Crippen molar-refractivity contribution in [1.82, 2.24) is 0 Å². The molecule has 1 unspecified atom stereocenters. The van der Waals surface area contributed by atoms with Crippen LogP contribution in [0.2, 0.25) is 0 Å². The first-order chi connectivity index (χ1) is 12.9. The minimum absolute atomic E-state index is 0.213. The lowest BCUT2D eigenvalue weighted by Gasteiger charge is -2.23. The topological polar surface area (TPSA) is 71.1 Å². The van der Waals surface area contributed by atoms with Crippen LogP contribution in [0.15, 0.2) is 36.4 Å². The number of halogens is 1. The van der Waals surface area contributed by atoms with Gasteiger partial charge in [-0.2, -0.15) is 10.5 Å². The van der Waals surface area contributed by atoms with Gasteiger partial charge in [-0.15, -0.1) is 0 Å². The summed E-state index contributed by atoms with van der Waals surface area (Å²) in [6.07, 6.45) is 0. The van der Waals surface area contributed by atoms with Gasteiger partial charge in [-0.1, -0.05) is 0 Å². The van der Waals surface area contributed by atoms with Crippen molar-refractivity contribution in [2.24, 2.45) is 0 Å². The second-order valence-corrected chi connectivity index (χ2v) is 6.57. The van der Waals surface area contributed by atoms with Gasteiger partial charge in [-0.25, -0.2) is 4.39 Å². The van der Waals surface area contributed by atoms with E-state index in [0.717, 1.165) is 5.56 Å². The van der Waals surface area contributed by atoms with Gasteiger partial charge in [0.1, 0.15) is 12.7 Å². The monoisotopic (exact) mass is 378 g/mol. The van der Waals surface area contributed by atoms with E-state index < -0.39 is 12.7 Å². The summed E-state index contributed by atoms with van der Waals surface area (Å²) >= 11 is 5.53. The maximum absolute atomic E-state index is 13.3. The number of nitriles is 2. The summed E-state index contributed by atoms with van der Waals surface area (Å²) in [6, 6.07) is 13.3. The van der Waals surface area contributed by atoms with Crippen molar-refractivity contribution in [3.05, 3.63) is 58.7 Å². The molecule has 1 fully saturated rings. The second kappa shape index (κ2) is 7.14. The number of carbonyl (C=O) groups excluding carboxylic acids is 1. The molecule has 134 valence electrons. The van der Waals surface area contributed by atoms with Crippen LogP contribution in [0.25, 0.3) is 0 Å². The number of carbonyl (C=O) groups is 1. The maximum atomic E-state index is 13.3. The van der Waals surface area contributed by atoms with Crippen LogP contribution in [0, 0.1) is 29.6 Å². The Hall–Kier alpha value is -3.29. The van der Waals surface area contributed by atoms with E-state index in [4.69, 9.17) is 22.7 Å². The number of hydrogen-bond acceptors (Lipinski definition) is 4. The van der Waals surface area contributed by atoms with Crippen molar-refractivity contribution >= 4 is 34.6 Å². The molecule has 0 N–H and O–H groups in total. The van der Waals surface area contributed by atoms with Crippen molar-refractivity contribution in [3.8, 4) is 12.1 Å². The Labute approximate surface area is 161 Å². The van der Waals surface area contributed by atoms with Crippen molar-refractivity contribution < 1.29 is 9.18 Å². The molecule has 3 rings (SSSR count). The van der Waals surface area contributed by atoms with Gasteiger partial charge in [-0.3, -0.25) is 9.69 Å². The van der Waals surface area contributed by atoms with Gasteiger partial charge in [0, 0.05) is 11.3 Å². The number of alkyl halides is 1. The van der Waals surface area contributed by atoms with E-state index in [0.29, 0.717) is 16.9 Å². The second-order valence-electron chi connectivity index (χ2n) is 6.20. The Morgan fingerprint density at radius 3 is 2.33 bits per heavy atom. The van der Waals surface area contributed by atoms with Crippen molar-refractivity contribution in [3.63, 3.8) is 0 Å². The molecule has 0 radical (unpaired) electrons. The molecule has 0 aromatic heterocycles. The highest BCUT2D eigenvalue weighted by atomic mass is 32.1. The number of rotatable bonds is 3. The third-order valence-electron chi connectivity index (χ3n) is 4.58. The van der Waals surface area contributed by atoms with E-state index in [2.05, 4.69) is 6.07 Å². The molecule has 1 heterocycles. The molecule has 1 amide bonds. The Bertz CT molecular complexity index is 1040. The first-order valence-corrected chi connectivity index (χ1v) is 8.60. The molecule has 1 saturated heterocycles. The van der Waals surface area contributed by atoms with E-state index in [-0.39, 0.29) is 22.1 Å². The SMILES string of the molecule is Cc1cc(N2C(=O)C(C)N(c3ccc(C#N)c(CF)c3)C2=S)ccc1C#N. The van der Waals surface area contributed by atoms with Gasteiger partial charge in [0.2, 0.25) is 0 Å². The van der Waals surface area contributed by atoms with Gasteiger partial charge >= 0.3 is 0 Å². The number of benzene rings is 2. The molecule has 2 aromatic rings. The first-order valence-electron chi connectivity index (χ1n) is 8.19. The number of thiocarbonyl (C=S) groups is 1. The van der Waals surface area contributed by atoms with E-state index >= 15 is 0 Å². The van der Waals surface area contributed by atoms with Crippen LogP contribution in [-0.4, -0.2) is 17.1 Å². The number of nitrogens with zero attached hydrogens (tertiary/aromatic N) is 4. The lowest BCUT2D eigenvalue weighted by molar-refractivity contribution is -0.117. The summed E-state index contributed by atoms with van der Waals surface area (Å²) in [6.45, 7) is 2.73. The zero-order chi connectivity index (χ0) is 19.7. The fourth-order valence-corrected chi connectivity index (χ4v) is 3.56. The fourth-order valence-electron chi connectivity index (χ4n) is 3.10. The van der Waals surface area contributed by atoms with E-state index in [1.165, 1.54) is 11.0 Å². The molecule has 0 spiro atoms. The predicted octanol–water partition coefficient (Wildman–Crippen LogP) is 3.73. The molecule has 27 heavy (non-hydrogen) atoms. The Balaban J connectivity index is 2.03. The van der Waals surface area contributed by atoms with E-state index in [9.17, 15) is 9.18 Å². The van der Waals surface area contributed by atoms with Gasteiger partial charge in [-0.05, 0) is 68.0 Å². The Morgan fingerprint density at radius 2 is 1.74 bits per heavy atom. The van der Waals surface area contributed by atoms with Crippen LogP contribution in [0.3, 0.4) is 0 Å². The highest BCUT2D eigenvalue weighted by molar-refractivity contribution is 7.81. The average molecular weight is 378 g/mol. The lowest BCUT2D eigenvalue weighted by Crippen LogP contribution is -2.33. The van der Waals surface area contributed by atoms with Crippen molar-refractivity contribution in [2.75, 3.05) is 9.80 Å². The van der Waals surface area contributed by atoms with Crippen LogP contribution in [0.4, 0.5) is 15.8 Å². The third-order valence-corrected chi connectivity index (χ3v) is 4.96. The molecule has 2 aromatic carbocycles. The summed E-state index contributed by atoms with van der Waals surface area (Å²) < 4.78 is 13.3. The fraction of sp³-hybridized carbons (Fsp3) is 0.200. The molecule has 0 aliphatic carbocycles. The predicted molar refractivity (Wildman–Crippen MR) is 104 cm³/mol.